The van der Waals surface area contributed by atoms with Gasteiger partial charge in [-0.1, -0.05) is 86.6 Å². The van der Waals surface area contributed by atoms with Crippen molar-refractivity contribution in [2.24, 2.45) is 11.8 Å². The van der Waals surface area contributed by atoms with Crippen LogP contribution in [-0.4, -0.2) is 0 Å². The summed E-state index contributed by atoms with van der Waals surface area (Å²) in [7, 11) is 0. The summed E-state index contributed by atoms with van der Waals surface area (Å²) in [5.41, 5.74) is 7.39. The lowest BCUT2D eigenvalue weighted by Gasteiger charge is -2.22. The molecule has 0 spiro atoms. The van der Waals surface area contributed by atoms with Crippen molar-refractivity contribution in [3.05, 3.63) is 64.5 Å². The largest absolute Gasteiger partial charge is 0.207 e. The Morgan fingerprint density at radius 3 is 1.67 bits per heavy atom. The number of allylic oxidation sites excluding steroid dienone is 5. The molecule has 0 amide bonds. The van der Waals surface area contributed by atoms with E-state index in [1.807, 2.05) is 39.8 Å². The molecule has 0 unspecified atom stereocenters. The highest BCUT2D eigenvalue weighted by atomic mass is 19.1. The molecular weight excluding hydrogens is 331 g/mol. The van der Waals surface area contributed by atoms with Crippen LogP contribution in [0.2, 0.25) is 0 Å². The molecule has 1 aromatic carbocycles. The van der Waals surface area contributed by atoms with Crippen LogP contribution in [0.1, 0.15) is 88.1 Å². The molecule has 0 atom stereocenters. The Labute approximate surface area is 169 Å². The molecule has 1 rings (SSSR count). The van der Waals surface area contributed by atoms with E-state index in [-0.39, 0.29) is 5.82 Å². The fourth-order valence-electron chi connectivity index (χ4n) is 2.78. The van der Waals surface area contributed by atoms with E-state index in [4.69, 9.17) is 0 Å². The van der Waals surface area contributed by atoms with Crippen LogP contribution in [0.25, 0.3) is 5.57 Å². The SMILES string of the molecule is C=C(/C(CC)=C(\C(C)=C(/C)C(C)C)c1ccc(F)cc1)C(C)C.CC.CC. The molecule has 1 heteroatoms. The van der Waals surface area contributed by atoms with Gasteiger partial charge in [-0.05, 0) is 72.1 Å². The van der Waals surface area contributed by atoms with Gasteiger partial charge in [0.25, 0.3) is 0 Å². The topological polar surface area (TPSA) is 0 Å². The van der Waals surface area contributed by atoms with E-state index in [2.05, 4.69) is 55.0 Å². The van der Waals surface area contributed by atoms with Crippen LogP contribution in [0.3, 0.4) is 0 Å². The van der Waals surface area contributed by atoms with Crippen LogP contribution < -0.4 is 0 Å². The van der Waals surface area contributed by atoms with Gasteiger partial charge in [0, 0.05) is 0 Å². The molecule has 0 bridgehead atoms. The zero-order valence-electron chi connectivity index (χ0n) is 19.8. The van der Waals surface area contributed by atoms with Crippen molar-refractivity contribution in [3.8, 4) is 0 Å². The second-order valence-electron chi connectivity index (χ2n) is 6.86. The molecular formula is C26H43F. The van der Waals surface area contributed by atoms with Crippen LogP contribution in [-0.2, 0) is 0 Å². The first kappa shape index (κ1) is 27.6. The smallest absolute Gasteiger partial charge is 0.123 e. The Bertz CT molecular complexity index is 610. The van der Waals surface area contributed by atoms with Gasteiger partial charge in [-0.2, -0.15) is 0 Å². The van der Waals surface area contributed by atoms with Gasteiger partial charge in [0.1, 0.15) is 5.82 Å². The molecule has 0 aliphatic rings. The summed E-state index contributed by atoms with van der Waals surface area (Å²) in [5.74, 6) is 0.680. The van der Waals surface area contributed by atoms with Crippen LogP contribution in [0.5, 0.6) is 0 Å². The minimum Gasteiger partial charge on any atom is -0.207 e. The van der Waals surface area contributed by atoms with Crippen LogP contribution in [0.15, 0.2) is 53.1 Å². The molecule has 0 aliphatic heterocycles. The molecule has 0 fully saturated rings. The van der Waals surface area contributed by atoms with E-state index in [1.54, 1.807) is 12.1 Å². The first-order valence-corrected chi connectivity index (χ1v) is 10.6. The first-order valence-electron chi connectivity index (χ1n) is 10.6. The fourth-order valence-corrected chi connectivity index (χ4v) is 2.78. The van der Waals surface area contributed by atoms with E-state index in [1.165, 1.54) is 27.9 Å². The van der Waals surface area contributed by atoms with Gasteiger partial charge < -0.3 is 0 Å². The maximum Gasteiger partial charge on any atom is 0.123 e. The summed E-state index contributed by atoms with van der Waals surface area (Å²) in [6.45, 7) is 27.6. The summed E-state index contributed by atoms with van der Waals surface area (Å²) in [6, 6.07) is 6.84. The maximum absolute atomic E-state index is 13.4. The third kappa shape index (κ3) is 8.28. The molecule has 0 heterocycles. The number of halogens is 1. The molecule has 0 saturated carbocycles. The van der Waals surface area contributed by atoms with Gasteiger partial charge in [-0.25, -0.2) is 4.39 Å². The van der Waals surface area contributed by atoms with E-state index in [0.29, 0.717) is 11.8 Å². The summed E-state index contributed by atoms with van der Waals surface area (Å²) in [5, 5.41) is 0. The van der Waals surface area contributed by atoms with Gasteiger partial charge in [0.15, 0.2) is 0 Å². The molecule has 0 aliphatic carbocycles. The Morgan fingerprint density at radius 1 is 0.889 bits per heavy atom. The Morgan fingerprint density at radius 2 is 1.33 bits per heavy atom. The summed E-state index contributed by atoms with van der Waals surface area (Å²) in [4.78, 5) is 0. The van der Waals surface area contributed by atoms with Crippen LogP contribution in [0, 0.1) is 17.7 Å². The van der Waals surface area contributed by atoms with E-state index < -0.39 is 0 Å². The third-order valence-corrected chi connectivity index (χ3v) is 4.71. The lowest BCUT2D eigenvalue weighted by molar-refractivity contribution is 0.627. The van der Waals surface area contributed by atoms with Crippen molar-refractivity contribution in [2.75, 3.05) is 0 Å². The molecule has 1 aromatic rings. The fraction of sp³-hybridized carbons (Fsp3) is 0.538. The molecule has 0 radical (unpaired) electrons. The quantitative estimate of drug-likeness (QED) is 0.435. The van der Waals surface area contributed by atoms with Crippen molar-refractivity contribution < 1.29 is 4.39 Å². The molecule has 0 N–H and O–H groups in total. The highest BCUT2D eigenvalue weighted by Gasteiger charge is 2.17. The highest BCUT2D eigenvalue weighted by molar-refractivity contribution is 5.84. The standard InChI is InChI=1S/C22H31F.2C2H6/c1-9-21(17(7)15(4)5)22(18(8)16(6)14(2)3)19-10-12-20(23)13-11-19;2*1-2/h10-15H,7,9H2,1-6,8H3;2*1-2H3/b18-16+,22-21+;;. The summed E-state index contributed by atoms with van der Waals surface area (Å²) in [6.07, 6.45) is 0.923. The van der Waals surface area contributed by atoms with Gasteiger partial charge in [-0.3, -0.25) is 0 Å². The molecule has 0 aromatic heterocycles. The van der Waals surface area contributed by atoms with Gasteiger partial charge in [0.2, 0.25) is 0 Å². The zero-order valence-corrected chi connectivity index (χ0v) is 19.8. The highest BCUT2D eigenvalue weighted by Crippen LogP contribution is 2.36. The monoisotopic (exact) mass is 374 g/mol. The van der Waals surface area contributed by atoms with Gasteiger partial charge in [0.05, 0.1) is 0 Å². The van der Waals surface area contributed by atoms with E-state index >= 15 is 0 Å². The van der Waals surface area contributed by atoms with Crippen LogP contribution in [0.4, 0.5) is 4.39 Å². The maximum atomic E-state index is 13.4. The molecule has 154 valence electrons. The van der Waals surface area contributed by atoms with Crippen molar-refractivity contribution in [1.82, 2.24) is 0 Å². The average molecular weight is 375 g/mol. The molecule has 0 nitrogen and oxygen atoms in total. The summed E-state index contributed by atoms with van der Waals surface area (Å²) >= 11 is 0. The molecule has 27 heavy (non-hydrogen) atoms. The second-order valence-corrected chi connectivity index (χ2v) is 6.86. The third-order valence-electron chi connectivity index (χ3n) is 4.71. The minimum absolute atomic E-state index is 0.198. The van der Waals surface area contributed by atoms with Crippen molar-refractivity contribution in [3.63, 3.8) is 0 Å². The van der Waals surface area contributed by atoms with Crippen molar-refractivity contribution >= 4 is 5.57 Å². The first-order chi connectivity index (χ1) is 12.7. The predicted octanol–water partition coefficient (Wildman–Crippen LogP) is 9.25. The predicted molar refractivity (Wildman–Crippen MR) is 123 cm³/mol. The second kappa shape index (κ2) is 14.4. The number of hydrogen-bond acceptors (Lipinski definition) is 0. The zero-order chi connectivity index (χ0) is 21.7. The van der Waals surface area contributed by atoms with Crippen molar-refractivity contribution in [2.45, 2.75) is 82.6 Å². The Balaban J connectivity index is 0. The van der Waals surface area contributed by atoms with E-state index in [0.717, 1.165) is 12.0 Å². The van der Waals surface area contributed by atoms with Crippen molar-refractivity contribution in [1.29, 1.82) is 0 Å². The van der Waals surface area contributed by atoms with E-state index in [9.17, 15) is 4.39 Å². The average Bonchev–Trinajstić information content (AvgIpc) is 2.68. The lowest BCUT2D eigenvalue weighted by Crippen LogP contribution is -2.04. The molecule has 0 saturated heterocycles. The Hall–Kier alpha value is -1.63. The normalized spacial score (nSPS) is 12.4. The number of benzene rings is 1. The van der Waals surface area contributed by atoms with Crippen LogP contribution >= 0.6 is 0 Å². The van der Waals surface area contributed by atoms with Gasteiger partial charge in [-0.15, -0.1) is 0 Å². The number of hydrogen-bond donors (Lipinski definition) is 0. The number of rotatable bonds is 6. The lowest BCUT2D eigenvalue weighted by atomic mass is 9.82. The Kier molecular flexibility index (Phi) is 14.7. The van der Waals surface area contributed by atoms with Gasteiger partial charge >= 0.3 is 0 Å². The summed E-state index contributed by atoms with van der Waals surface area (Å²) < 4.78 is 13.4. The minimum atomic E-state index is -0.198.